The van der Waals surface area contributed by atoms with Crippen LogP contribution in [0.3, 0.4) is 0 Å². The fourth-order valence-corrected chi connectivity index (χ4v) is 10.7. The minimum absolute atomic E-state index is 0.852. The number of pyridine rings is 2. The Morgan fingerprint density at radius 3 is 1.33 bits per heavy atom. The number of benzene rings is 8. The van der Waals surface area contributed by atoms with Crippen molar-refractivity contribution in [3.05, 3.63) is 219 Å². The van der Waals surface area contributed by atoms with Gasteiger partial charge < -0.3 is 13.7 Å². The van der Waals surface area contributed by atoms with Crippen LogP contribution in [0.15, 0.2) is 219 Å². The third-order valence-corrected chi connectivity index (χ3v) is 13.3. The third kappa shape index (κ3) is 4.85. The fourth-order valence-electron chi connectivity index (χ4n) is 10.7. The summed E-state index contributed by atoms with van der Waals surface area (Å²) in [7, 11) is 0. The second-order valence-electron chi connectivity index (χ2n) is 16.6. The van der Waals surface area contributed by atoms with E-state index in [9.17, 15) is 0 Å². The summed E-state index contributed by atoms with van der Waals surface area (Å²) >= 11 is 0. The van der Waals surface area contributed by atoms with Crippen molar-refractivity contribution in [1.82, 2.24) is 28.2 Å². The lowest BCUT2D eigenvalue weighted by atomic mass is 10.1. The van der Waals surface area contributed by atoms with Gasteiger partial charge in [0.1, 0.15) is 5.82 Å². The Hall–Kier alpha value is -8.74. The molecule has 0 aliphatic heterocycles. The zero-order valence-corrected chi connectivity index (χ0v) is 34.5. The van der Waals surface area contributed by atoms with E-state index in [1.165, 1.54) is 65.2 Å². The lowest BCUT2D eigenvalue weighted by Crippen LogP contribution is -1.99. The van der Waals surface area contributed by atoms with Gasteiger partial charge in [-0.15, -0.1) is 0 Å². The maximum atomic E-state index is 5.13. The summed E-state index contributed by atoms with van der Waals surface area (Å²) in [6, 6.07) is 72.0. The van der Waals surface area contributed by atoms with E-state index in [-0.39, 0.29) is 0 Å². The van der Waals surface area contributed by atoms with Gasteiger partial charge in [0.05, 0.1) is 56.0 Å². The van der Waals surface area contributed by atoms with Gasteiger partial charge >= 0.3 is 0 Å². The molecule has 0 saturated carbocycles. The van der Waals surface area contributed by atoms with Crippen molar-refractivity contribution in [3.63, 3.8) is 0 Å². The Morgan fingerprint density at radius 1 is 0.297 bits per heavy atom. The SMILES string of the molecule is c1ccc(-n2c3ccccc3c3c2ccc2c4ccccc4n(-c4cncc(-c5ccnc(-n6c7ccccc7c7ccc8c(c9ccccc9n8-c8ccccc8)c76)c5)c4)c23)cc1. The first-order valence-corrected chi connectivity index (χ1v) is 21.7. The number of hydrogen-bond acceptors (Lipinski definition) is 2. The molecule has 0 spiro atoms. The van der Waals surface area contributed by atoms with E-state index in [4.69, 9.17) is 9.97 Å². The summed E-state index contributed by atoms with van der Waals surface area (Å²) in [5.74, 6) is 0.852. The number of rotatable bonds is 5. The van der Waals surface area contributed by atoms with Gasteiger partial charge in [0.25, 0.3) is 0 Å². The molecule has 14 aromatic rings. The molecule has 6 heterocycles. The standard InChI is InChI=1S/C58H36N6/c1-3-15-39(16-4-1)61-50-25-13-9-21-46(50)55-52(61)29-27-44-42-19-7-11-23-48(42)63(57(44)55)41-33-38(35-59-36-41)37-31-32-60-54(34-37)64-49-24-12-8-20-43(49)45-28-30-53-56(58(45)64)47-22-10-14-26-51(47)62(53)40-17-5-2-6-18-40/h1-36H. The highest BCUT2D eigenvalue weighted by Crippen LogP contribution is 2.44. The first kappa shape index (κ1) is 34.9. The van der Waals surface area contributed by atoms with Crippen LogP contribution in [-0.4, -0.2) is 28.2 Å². The summed E-state index contributed by atoms with van der Waals surface area (Å²) in [5, 5.41) is 9.65. The molecule has 0 aliphatic carbocycles. The second kappa shape index (κ2) is 13.4. The van der Waals surface area contributed by atoms with Crippen molar-refractivity contribution in [1.29, 1.82) is 0 Å². The second-order valence-corrected chi connectivity index (χ2v) is 16.6. The molecular weight excluding hydrogens is 781 g/mol. The van der Waals surface area contributed by atoms with Gasteiger partial charge in [-0.25, -0.2) is 4.98 Å². The zero-order chi connectivity index (χ0) is 41.9. The number of para-hydroxylation sites is 6. The quantitative estimate of drug-likeness (QED) is 0.174. The van der Waals surface area contributed by atoms with Crippen molar-refractivity contribution >= 4 is 87.2 Å². The van der Waals surface area contributed by atoms with E-state index in [0.29, 0.717) is 0 Å². The van der Waals surface area contributed by atoms with Gasteiger partial charge in [0.2, 0.25) is 0 Å². The third-order valence-electron chi connectivity index (χ3n) is 13.3. The van der Waals surface area contributed by atoms with E-state index in [1.54, 1.807) is 0 Å². The van der Waals surface area contributed by atoms with Gasteiger partial charge in [-0.3, -0.25) is 9.55 Å². The zero-order valence-electron chi connectivity index (χ0n) is 34.5. The lowest BCUT2D eigenvalue weighted by molar-refractivity contribution is 1.08. The molecule has 0 radical (unpaired) electrons. The van der Waals surface area contributed by atoms with Crippen LogP contribution >= 0.6 is 0 Å². The predicted octanol–water partition coefficient (Wildman–Crippen LogP) is 14.5. The van der Waals surface area contributed by atoms with E-state index >= 15 is 0 Å². The monoisotopic (exact) mass is 816 g/mol. The van der Waals surface area contributed by atoms with Crippen molar-refractivity contribution < 1.29 is 0 Å². The van der Waals surface area contributed by atoms with Crippen LogP contribution in [0, 0.1) is 0 Å². The first-order valence-electron chi connectivity index (χ1n) is 21.7. The molecule has 0 saturated heterocycles. The molecule has 0 N–H and O–H groups in total. The Balaban J connectivity index is 1.00. The van der Waals surface area contributed by atoms with E-state index < -0.39 is 0 Å². The molecule has 6 aromatic heterocycles. The molecule has 0 amide bonds. The smallest absolute Gasteiger partial charge is 0.138 e. The Bertz CT molecular complexity index is 3910. The Labute approximate surface area is 366 Å². The largest absolute Gasteiger partial charge is 0.309 e. The predicted molar refractivity (Wildman–Crippen MR) is 265 cm³/mol. The lowest BCUT2D eigenvalue weighted by Gasteiger charge is -2.13. The summed E-state index contributed by atoms with van der Waals surface area (Å²) in [6.07, 6.45) is 5.91. The fraction of sp³-hybridized carbons (Fsp3) is 0. The van der Waals surface area contributed by atoms with Gasteiger partial charge in [0, 0.05) is 72.4 Å². The molecule has 8 aromatic carbocycles. The van der Waals surface area contributed by atoms with E-state index in [2.05, 4.69) is 218 Å². The highest BCUT2D eigenvalue weighted by molar-refractivity contribution is 6.27. The van der Waals surface area contributed by atoms with Crippen LogP contribution in [0.5, 0.6) is 0 Å². The molecule has 14 rings (SSSR count). The molecule has 0 bridgehead atoms. The van der Waals surface area contributed by atoms with Gasteiger partial charge in [-0.05, 0) is 84.4 Å². The highest BCUT2D eigenvalue weighted by Gasteiger charge is 2.23. The number of aromatic nitrogens is 6. The molecule has 64 heavy (non-hydrogen) atoms. The van der Waals surface area contributed by atoms with Crippen molar-refractivity contribution in [2.75, 3.05) is 0 Å². The average Bonchev–Trinajstić information content (AvgIpc) is 4.09. The van der Waals surface area contributed by atoms with Crippen molar-refractivity contribution in [3.8, 4) is 34.0 Å². The molecule has 6 heteroatoms. The molecule has 298 valence electrons. The summed E-state index contributed by atoms with van der Waals surface area (Å²) < 4.78 is 9.55. The van der Waals surface area contributed by atoms with Crippen LogP contribution in [-0.2, 0) is 0 Å². The van der Waals surface area contributed by atoms with Crippen LogP contribution in [0.1, 0.15) is 0 Å². The van der Waals surface area contributed by atoms with Crippen molar-refractivity contribution in [2.45, 2.75) is 0 Å². The molecular formula is C58H36N6. The van der Waals surface area contributed by atoms with E-state index in [1.807, 2.05) is 18.6 Å². The van der Waals surface area contributed by atoms with Gasteiger partial charge in [-0.2, -0.15) is 0 Å². The van der Waals surface area contributed by atoms with Gasteiger partial charge in [0.15, 0.2) is 0 Å². The number of nitrogens with zero attached hydrogens (tertiary/aromatic N) is 6. The summed E-state index contributed by atoms with van der Waals surface area (Å²) in [6.45, 7) is 0. The molecule has 0 fully saturated rings. The summed E-state index contributed by atoms with van der Waals surface area (Å²) in [4.78, 5) is 10.1. The number of fused-ring (bicyclic) bond motifs is 14. The molecule has 0 atom stereocenters. The van der Waals surface area contributed by atoms with Gasteiger partial charge in [-0.1, -0.05) is 121 Å². The van der Waals surface area contributed by atoms with Crippen LogP contribution in [0.2, 0.25) is 0 Å². The molecule has 0 unspecified atom stereocenters. The maximum absolute atomic E-state index is 5.13. The molecule has 0 aliphatic rings. The van der Waals surface area contributed by atoms with Crippen molar-refractivity contribution in [2.24, 2.45) is 0 Å². The average molecular weight is 817 g/mol. The highest BCUT2D eigenvalue weighted by atomic mass is 15.1. The maximum Gasteiger partial charge on any atom is 0.138 e. The minimum Gasteiger partial charge on any atom is -0.309 e. The number of hydrogen-bond donors (Lipinski definition) is 0. The topological polar surface area (TPSA) is 45.5 Å². The van der Waals surface area contributed by atoms with E-state index in [0.717, 1.165) is 56.1 Å². The molecule has 6 nitrogen and oxygen atoms in total. The summed E-state index contributed by atoms with van der Waals surface area (Å²) in [5.41, 5.74) is 14.6. The van der Waals surface area contributed by atoms with Crippen LogP contribution in [0.25, 0.3) is 121 Å². The normalized spacial score (nSPS) is 12.1. The first-order chi connectivity index (χ1) is 31.8. The Morgan fingerprint density at radius 2 is 0.766 bits per heavy atom. The Kier molecular flexibility index (Phi) is 7.30. The van der Waals surface area contributed by atoms with Crippen LogP contribution in [0.4, 0.5) is 0 Å². The minimum atomic E-state index is 0.852. The van der Waals surface area contributed by atoms with Crippen LogP contribution < -0.4 is 0 Å².